The van der Waals surface area contributed by atoms with E-state index in [1.54, 1.807) is 35.0 Å². The zero-order valence-corrected chi connectivity index (χ0v) is 20.7. The van der Waals surface area contributed by atoms with E-state index in [1.165, 1.54) is 11.0 Å². The molecule has 10 heteroatoms. The van der Waals surface area contributed by atoms with E-state index in [-0.39, 0.29) is 18.8 Å². The summed E-state index contributed by atoms with van der Waals surface area (Å²) in [6, 6.07) is 20.7. The van der Waals surface area contributed by atoms with E-state index in [4.69, 9.17) is 11.6 Å². The SMILES string of the molecule is CCCN(CC(=O)Nc1cc(-c2ccccc2)nn1-c1ccc(Cl)cc1)C(=O)Nc1ccc(F)c(F)c1. The van der Waals surface area contributed by atoms with Crippen molar-refractivity contribution in [2.24, 2.45) is 0 Å². The van der Waals surface area contributed by atoms with Crippen molar-refractivity contribution >= 4 is 35.0 Å². The van der Waals surface area contributed by atoms with Gasteiger partial charge in [-0.25, -0.2) is 18.3 Å². The van der Waals surface area contributed by atoms with Gasteiger partial charge in [-0.2, -0.15) is 5.10 Å². The Morgan fingerprint density at radius 1 is 0.946 bits per heavy atom. The second kappa shape index (κ2) is 11.7. The van der Waals surface area contributed by atoms with Crippen LogP contribution in [0.1, 0.15) is 13.3 Å². The van der Waals surface area contributed by atoms with Crippen LogP contribution in [0.5, 0.6) is 0 Å². The zero-order valence-electron chi connectivity index (χ0n) is 19.9. The fourth-order valence-corrected chi connectivity index (χ4v) is 3.78. The molecule has 0 radical (unpaired) electrons. The Morgan fingerprint density at radius 2 is 1.68 bits per heavy atom. The van der Waals surface area contributed by atoms with Gasteiger partial charge in [-0.15, -0.1) is 0 Å². The lowest BCUT2D eigenvalue weighted by molar-refractivity contribution is -0.116. The molecule has 37 heavy (non-hydrogen) atoms. The minimum absolute atomic E-state index is 0.0822. The van der Waals surface area contributed by atoms with E-state index in [0.29, 0.717) is 28.6 Å². The van der Waals surface area contributed by atoms with Crippen molar-refractivity contribution in [2.45, 2.75) is 13.3 Å². The van der Waals surface area contributed by atoms with Crippen LogP contribution in [0.4, 0.5) is 25.1 Å². The van der Waals surface area contributed by atoms with Crippen molar-refractivity contribution in [3.05, 3.63) is 95.5 Å². The predicted molar refractivity (Wildman–Crippen MR) is 140 cm³/mol. The highest BCUT2D eigenvalue weighted by molar-refractivity contribution is 6.30. The Balaban J connectivity index is 1.54. The molecule has 4 rings (SSSR count). The molecule has 0 spiro atoms. The van der Waals surface area contributed by atoms with Crippen LogP contribution in [-0.4, -0.2) is 39.7 Å². The lowest BCUT2D eigenvalue weighted by atomic mass is 10.1. The summed E-state index contributed by atoms with van der Waals surface area (Å²) in [6.45, 7) is 1.86. The molecule has 0 unspecified atom stereocenters. The molecule has 3 aromatic carbocycles. The first-order valence-electron chi connectivity index (χ1n) is 11.6. The Kier molecular flexibility index (Phi) is 8.15. The third-order valence-electron chi connectivity index (χ3n) is 5.40. The van der Waals surface area contributed by atoms with Crippen molar-refractivity contribution in [1.29, 1.82) is 0 Å². The summed E-state index contributed by atoms with van der Waals surface area (Å²) < 4.78 is 28.3. The van der Waals surface area contributed by atoms with Crippen molar-refractivity contribution in [3.63, 3.8) is 0 Å². The number of anilines is 2. The second-order valence-corrected chi connectivity index (χ2v) is 8.63. The minimum Gasteiger partial charge on any atom is -0.315 e. The van der Waals surface area contributed by atoms with Crippen molar-refractivity contribution in [2.75, 3.05) is 23.7 Å². The van der Waals surface area contributed by atoms with Crippen LogP contribution >= 0.6 is 11.6 Å². The van der Waals surface area contributed by atoms with E-state index in [2.05, 4.69) is 15.7 Å². The van der Waals surface area contributed by atoms with Crippen LogP contribution in [0.25, 0.3) is 16.9 Å². The van der Waals surface area contributed by atoms with Crippen molar-refractivity contribution in [1.82, 2.24) is 14.7 Å². The van der Waals surface area contributed by atoms with Gasteiger partial charge in [0.2, 0.25) is 5.91 Å². The van der Waals surface area contributed by atoms with Gasteiger partial charge in [0.25, 0.3) is 0 Å². The Bertz CT molecular complexity index is 1390. The van der Waals surface area contributed by atoms with Crippen LogP contribution in [0.15, 0.2) is 78.9 Å². The van der Waals surface area contributed by atoms with Crippen LogP contribution in [-0.2, 0) is 4.79 Å². The molecule has 0 atom stereocenters. The summed E-state index contributed by atoms with van der Waals surface area (Å²) in [5.74, 6) is -2.15. The van der Waals surface area contributed by atoms with E-state index >= 15 is 0 Å². The quantitative estimate of drug-likeness (QED) is 0.282. The van der Waals surface area contributed by atoms with Gasteiger partial charge >= 0.3 is 6.03 Å². The molecule has 0 aliphatic heterocycles. The van der Waals surface area contributed by atoms with Crippen LogP contribution in [0.2, 0.25) is 5.02 Å². The molecule has 190 valence electrons. The first-order chi connectivity index (χ1) is 17.8. The van der Waals surface area contributed by atoms with Gasteiger partial charge in [-0.05, 0) is 42.8 Å². The Morgan fingerprint density at radius 3 is 2.35 bits per heavy atom. The Labute approximate surface area is 217 Å². The molecular weight excluding hydrogens is 500 g/mol. The van der Waals surface area contributed by atoms with Crippen molar-refractivity contribution < 1.29 is 18.4 Å². The molecule has 0 bridgehead atoms. The van der Waals surface area contributed by atoms with E-state index < -0.39 is 23.6 Å². The standard InChI is InChI=1S/C27H24ClF2N5O2/c1-2-14-34(27(37)31-20-10-13-22(29)23(30)15-20)17-26(36)32-25-16-24(18-6-4-3-5-7-18)33-35(25)21-11-8-19(28)9-12-21/h3-13,15-16H,2,14,17H2,1H3,(H,31,37)(H,32,36). The number of nitrogens with zero attached hydrogens (tertiary/aromatic N) is 3. The molecule has 0 aliphatic rings. The van der Waals surface area contributed by atoms with Gasteiger partial charge in [0.05, 0.1) is 11.4 Å². The summed E-state index contributed by atoms with van der Waals surface area (Å²) in [6.07, 6.45) is 0.583. The number of carbonyl (C=O) groups excluding carboxylic acids is 2. The lowest BCUT2D eigenvalue weighted by Gasteiger charge is -2.22. The molecule has 0 saturated carbocycles. The number of rotatable bonds is 8. The molecule has 3 amide bonds. The summed E-state index contributed by atoms with van der Waals surface area (Å²) in [5, 5.41) is 10.6. The normalized spacial score (nSPS) is 10.7. The number of benzene rings is 3. The summed E-state index contributed by atoms with van der Waals surface area (Å²) in [4.78, 5) is 27.1. The maximum Gasteiger partial charge on any atom is 0.322 e. The largest absolute Gasteiger partial charge is 0.322 e. The summed E-state index contributed by atoms with van der Waals surface area (Å²) >= 11 is 6.03. The fraction of sp³-hybridized carbons (Fsp3) is 0.148. The summed E-state index contributed by atoms with van der Waals surface area (Å²) in [5.41, 5.74) is 2.28. The number of aromatic nitrogens is 2. The minimum atomic E-state index is -1.08. The van der Waals surface area contributed by atoms with Gasteiger partial charge in [-0.1, -0.05) is 48.9 Å². The number of hydrogen-bond acceptors (Lipinski definition) is 3. The highest BCUT2D eigenvalue weighted by Gasteiger charge is 2.20. The molecule has 2 N–H and O–H groups in total. The van der Waals surface area contributed by atoms with Gasteiger partial charge in [0, 0.05) is 35.0 Å². The molecule has 0 aliphatic carbocycles. The molecule has 7 nitrogen and oxygen atoms in total. The number of amides is 3. The van der Waals surface area contributed by atoms with Gasteiger partial charge < -0.3 is 15.5 Å². The average molecular weight is 524 g/mol. The highest BCUT2D eigenvalue weighted by Crippen LogP contribution is 2.25. The Hall–Kier alpha value is -4.24. The topological polar surface area (TPSA) is 79.3 Å². The fourth-order valence-electron chi connectivity index (χ4n) is 3.65. The molecular formula is C27H24ClF2N5O2. The zero-order chi connectivity index (χ0) is 26.4. The molecule has 4 aromatic rings. The lowest BCUT2D eigenvalue weighted by Crippen LogP contribution is -2.41. The molecule has 1 heterocycles. The van der Waals surface area contributed by atoms with Crippen molar-refractivity contribution in [3.8, 4) is 16.9 Å². The number of halogens is 3. The van der Waals surface area contributed by atoms with Gasteiger partial charge in [0.15, 0.2) is 11.6 Å². The van der Waals surface area contributed by atoms with Crippen LogP contribution in [0.3, 0.4) is 0 Å². The molecule has 0 fully saturated rings. The average Bonchev–Trinajstić information content (AvgIpc) is 3.30. The maximum atomic E-state index is 13.5. The smallest absolute Gasteiger partial charge is 0.315 e. The third-order valence-corrected chi connectivity index (χ3v) is 5.66. The first-order valence-corrected chi connectivity index (χ1v) is 11.9. The molecule has 0 saturated heterocycles. The first kappa shape index (κ1) is 25.8. The monoisotopic (exact) mass is 523 g/mol. The highest BCUT2D eigenvalue weighted by atomic mass is 35.5. The van der Waals surface area contributed by atoms with Crippen LogP contribution < -0.4 is 10.6 Å². The second-order valence-electron chi connectivity index (χ2n) is 8.20. The molecule has 1 aromatic heterocycles. The number of hydrogen-bond donors (Lipinski definition) is 2. The van der Waals surface area contributed by atoms with E-state index in [1.807, 2.05) is 37.3 Å². The number of nitrogens with one attached hydrogen (secondary N) is 2. The number of carbonyl (C=O) groups is 2. The van der Waals surface area contributed by atoms with E-state index in [9.17, 15) is 18.4 Å². The van der Waals surface area contributed by atoms with Crippen LogP contribution in [0, 0.1) is 11.6 Å². The maximum absolute atomic E-state index is 13.5. The van der Waals surface area contributed by atoms with E-state index in [0.717, 1.165) is 17.7 Å². The van der Waals surface area contributed by atoms with Gasteiger partial charge in [0.1, 0.15) is 12.4 Å². The van der Waals surface area contributed by atoms with Gasteiger partial charge in [-0.3, -0.25) is 4.79 Å². The number of urea groups is 1. The third kappa shape index (κ3) is 6.50. The summed E-state index contributed by atoms with van der Waals surface area (Å²) in [7, 11) is 0. The predicted octanol–water partition coefficient (Wildman–Crippen LogP) is 6.35.